The Balaban J connectivity index is 1.61. The second kappa shape index (κ2) is 11.6. The standard InChI is InChI=1S/C21H18Br2ClN5O2S/c1-2-9-29-18(11-25-20(31)13-3-6-15(24)7-4-13)27-28-21(29)32-12-19(30)26-17-10-14(22)5-8-16(17)23/h2-8,10H,1,9,11-12H2,(H,25,31)(H,26,30). The minimum absolute atomic E-state index is 0.144. The van der Waals surface area contributed by atoms with Crippen molar-refractivity contribution in [2.45, 2.75) is 18.2 Å². The van der Waals surface area contributed by atoms with Gasteiger partial charge in [-0.2, -0.15) is 0 Å². The molecular formula is C21H18Br2ClN5O2S. The van der Waals surface area contributed by atoms with Crippen LogP contribution in [0.4, 0.5) is 5.69 Å². The van der Waals surface area contributed by atoms with Gasteiger partial charge >= 0.3 is 0 Å². The van der Waals surface area contributed by atoms with Crippen molar-refractivity contribution in [2.24, 2.45) is 0 Å². The lowest BCUT2D eigenvalue weighted by Crippen LogP contribution is -2.24. The fourth-order valence-electron chi connectivity index (χ4n) is 2.64. The van der Waals surface area contributed by atoms with Gasteiger partial charge in [0.2, 0.25) is 5.91 Å². The van der Waals surface area contributed by atoms with Gasteiger partial charge in [-0.1, -0.05) is 45.4 Å². The number of carbonyl (C=O) groups is 2. The van der Waals surface area contributed by atoms with Crippen molar-refractivity contribution < 1.29 is 9.59 Å². The van der Waals surface area contributed by atoms with Crippen molar-refractivity contribution in [2.75, 3.05) is 11.1 Å². The minimum atomic E-state index is -0.247. The Kier molecular flexibility index (Phi) is 8.92. The van der Waals surface area contributed by atoms with Gasteiger partial charge in [0.15, 0.2) is 11.0 Å². The maximum absolute atomic E-state index is 12.4. The monoisotopic (exact) mass is 597 g/mol. The molecule has 3 rings (SSSR count). The summed E-state index contributed by atoms with van der Waals surface area (Å²) >= 11 is 13.9. The highest BCUT2D eigenvalue weighted by Crippen LogP contribution is 2.26. The maximum Gasteiger partial charge on any atom is 0.251 e. The largest absolute Gasteiger partial charge is 0.345 e. The molecule has 0 aliphatic heterocycles. The molecule has 0 fully saturated rings. The topological polar surface area (TPSA) is 88.9 Å². The number of nitrogens with zero attached hydrogens (tertiary/aromatic N) is 3. The molecular weight excluding hydrogens is 582 g/mol. The first-order chi connectivity index (χ1) is 15.4. The molecule has 0 saturated carbocycles. The van der Waals surface area contributed by atoms with Crippen LogP contribution in [0.1, 0.15) is 16.2 Å². The van der Waals surface area contributed by atoms with Crippen LogP contribution in [-0.2, 0) is 17.9 Å². The molecule has 166 valence electrons. The van der Waals surface area contributed by atoms with Gasteiger partial charge in [0.1, 0.15) is 0 Å². The van der Waals surface area contributed by atoms with Crippen molar-refractivity contribution in [3.05, 3.63) is 80.5 Å². The molecule has 0 bridgehead atoms. The number of carbonyl (C=O) groups excluding carboxylic acids is 2. The lowest BCUT2D eigenvalue weighted by atomic mass is 10.2. The van der Waals surface area contributed by atoms with Gasteiger partial charge in [-0.3, -0.25) is 9.59 Å². The highest BCUT2D eigenvalue weighted by Gasteiger charge is 2.15. The number of rotatable bonds is 9. The number of halogens is 3. The van der Waals surface area contributed by atoms with E-state index in [9.17, 15) is 9.59 Å². The lowest BCUT2D eigenvalue weighted by molar-refractivity contribution is -0.113. The van der Waals surface area contributed by atoms with Crippen LogP contribution in [0.5, 0.6) is 0 Å². The Morgan fingerprint density at radius 3 is 2.62 bits per heavy atom. The summed E-state index contributed by atoms with van der Waals surface area (Å²) in [5.41, 5.74) is 1.16. The number of aromatic nitrogens is 3. The molecule has 7 nitrogen and oxygen atoms in total. The normalized spacial score (nSPS) is 10.6. The molecule has 0 atom stereocenters. The van der Waals surface area contributed by atoms with Crippen LogP contribution in [-0.4, -0.2) is 32.3 Å². The van der Waals surface area contributed by atoms with E-state index in [2.05, 4.69) is 59.3 Å². The number of amides is 2. The molecule has 2 amide bonds. The second-order valence-electron chi connectivity index (χ2n) is 6.45. The van der Waals surface area contributed by atoms with Crippen LogP contribution < -0.4 is 10.6 Å². The van der Waals surface area contributed by atoms with Crippen LogP contribution in [0.15, 0.2) is 69.2 Å². The van der Waals surface area contributed by atoms with Gasteiger partial charge < -0.3 is 15.2 Å². The van der Waals surface area contributed by atoms with Gasteiger partial charge in [0.25, 0.3) is 5.91 Å². The zero-order chi connectivity index (χ0) is 23.1. The van der Waals surface area contributed by atoms with Crippen LogP contribution in [0.25, 0.3) is 0 Å². The first-order valence-corrected chi connectivity index (χ1v) is 12.3. The highest BCUT2D eigenvalue weighted by molar-refractivity contribution is 9.11. The van der Waals surface area contributed by atoms with Crippen molar-refractivity contribution in [3.8, 4) is 0 Å². The number of hydrogen-bond donors (Lipinski definition) is 2. The quantitative estimate of drug-likeness (QED) is 0.257. The predicted molar refractivity (Wildman–Crippen MR) is 134 cm³/mol. The zero-order valence-electron chi connectivity index (χ0n) is 16.6. The fourth-order valence-corrected chi connectivity index (χ4v) is 4.24. The van der Waals surface area contributed by atoms with E-state index in [1.54, 1.807) is 30.3 Å². The van der Waals surface area contributed by atoms with E-state index in [1.807, 2.05) is 22.8 Å². The van der Waals surface area contributed by atoms with Gasteiger partial charge in [0.05, 0.1) is 18.0 Å². The Morgan fingerprint density at radius 1 is 1.16 bits per heavy atom. The average molecular weight is 600 g/mol. The molecule has 0 aliphatic carbocycles. The number of anilines is 1. The summed E-state index contributed by atoms with van der Waals surface area (Å²) in [5.74, 6) is 0.276. The molecule has 11 heteroatoms. The predicted octanol–water partition coefficient (Wildman–Crippen LogP) is 5.30. The van der Waals surface area contributed by atoms with E-state index >= 15 is 0 Å². The molecule has 0 unspecified atom stereocenters. The third-order valence-electron chi connectivity index (χ3n) is 4.15. The van der Waals surface area contributed by atoms with Crippen LogP contribution in [0.3, 0.4) is 0 Å². The molecule has 1 heterocycles. The smallest absolute Gasteiger partial charge is 0.251 e. The van der Waals surface area contributed by atoms with Crippen LogP contribution >= 0.6 is 55.2 Å². The summed E-state index contributed by atoms with van der Waals surface area (Å²) in [4.78, 5) is 24.8. The summed E-state index contributed by atoms with van der Waals surface area (Å²) in [6, 6.07) is 12.1. The number of nitrogens with one attached hydrogen (secondary N) is 2. The Labute approximate surface area is 211 Å². The number of allylic oxidation sites excluding steroid dienone is 1. The Morgan fingerprint density at radius 2 is 1.91 bits per heavy atom. The van der Waals surface area contributed by atoms with Gasteiger partial charge in [-0.15, -0.1) is 16.8 Å². The SMILES string of the molecule is C=CCn1c(CNC(=O)c2ccc(Cl)cc2)nnc1SCC(=O)Nc1cc(Br)ccc1Br. The Bertz CT molecular complexity index is 1140. The summed E-state index contributed by atoms with van der Waals surface area (Å²) in [6.45, 7) is 4.39. The number of thioether (sulfide) groups is 1. The second-order valence-corrected chi connectivity index (χ2v) is 9.60. The summed E-state index contributed by atoms with van der Waals surface area (Å²) in [5, 5.41) is 15.1. The zero-order valence-corrected chi connectivity index (χ0v) is 21.4. The summed E-state index contributed by atoms with van der Waals surface area (Å²) in [6.07, 6.45) is 1.70. The molecule has 0 spiro atoms. The molecule has 0 aliphatic rings. The van der Waals surface area contributed by atoms with E-state index in [0.717, 1.165) is 8.95 Å². The molecule has 2 aromatic carbocycles. The minimum Gasteiger partial charge on any atom is -0.345 e. The molecule has 0 saturated heterocycles. The van der Waals surface area contributed by atoms with Crippen LogP contribution in [0, 0.1) is 0 Å². The fraction of sp³-hybridized carbons (Fsp3) is 0.143. The van der Waals surface area contributed by atoms with Crippen LogP contribution in [0.2, 0.25) is 5.02 Å². The highest BCUT2D eigenvalue weighted by atomic mass is 79.9. The van der Waals surface area contributed by atoms with Crippen molar-refractivity contribution in [3.63, 3.8) is 0 Å². The van der Waals surface area contributed by atoms with Crippen molar-refractivity contribution >= 4 is 72.7 Å². The molecule has 3 aromatic rings. The molecule has 0 radical (unpaired) electrons. The summed E-state index contributed by atoms with van der Waals surface area (Å²) in [7, 11) is 0. The maximum atomic E-state index is 12.4. The van der Waals surface area contributed by atoms with Gasteiger partial charge in [-0.25, -0.2) is 0 Å². The average Bonchev–Trinajstić information content (AvgIpc) is 3.15. The number of hydrogen-bond acceptors (Lipinski definition) is 5. The molecule has 1 aromatic heterocycles. The van der Waals surface area contributed by atoms with Crippen molar-refractivity contribution in [1.29, 1.82) is 0 Å². The van der Waals surface area contributed by atoms with E-state index < -0.39 is 0 Å². The number of benzene rings is 2. The van der Waals surface area contributed by atoms with E-state index in [1.165, 1.54) is 11.8 Å². The third-order valence-corrected chi connectivity index (χ3v) is 6.56. The van der Waals surface area contributed by atoms with Gasteiger partial charge in [-0.05, 0) is 58.4 Å². The first-order valence-electron chi connectivity index (χ1n) is 9.32. The first kappa shape index (κ1) is 24.5. The molecule has 2 N–H and O–H groups in total. The summed E-state index contributed by atoms with van der Waals surface area (Å²) < 4.78 is 3.45. The Hall–Kier alpha value is -2.14. The van der Waals surface area contributed by atoms with E-state index in [0.29, 0.717) is 33.8 Å². The molecule has 32 heavy (non-hydrogen) atoms. The third kappa shape index (κ3) is 6.68. The lowest BCUT2D eigenvalue weighted by Gasteiger charge is -2.10. The van der Waals surface area contributed by atoms with Crippen molar-refractivity contribution in [1.82, 2.24) is 20.1 Å². The van der Waals surface area contributed by atoms with E-state index in [4.69, 9.17) is 11.6 Å². The van der Waals surface area contributed by atoms with E-state index in [-0.39, 0.29) is 24.1 Å². The van der Waals surface area contributed by atoms with Gasteiger partial charge in [0, 0.05) is 26.1 Å².